The number of ether oxygens (including phenoxy) is 1. The third-order valence-electron chi connectivity index (χ3n) is 3.36. The van der Waals surface area contributed by atoms with Crippen LogP contribution in [0.25, 0.3) is 0 Å². The van der Waals surface area contributed by atoms with E-state index in [-0.39, 0.29) is 12.3 Å². The van der Waals surface area contributed by atoms with Crippen LogP contribution in [0.3, 0.4) is 0 Å². The van der Waals surface area contributed by atoms with E-state index >= 15 is 0 Å². The van der Waals surface area contributed by atoms with Gasteiger partial charge >= 0.3 is 7.60 Å². The molecule has 0 spiro atoms. The van der Waals surface area contributed by atoms with Gasteiger partial charge in [0, 0.05) is 0 Å². The monoisotopic (exact) mass is 330 g/mol. The standard InChI is InChI=1S/C18H19O4P/c19-23(21-17-10-5-2-6-11-17)13-7-12-18(22-23)15-20-14-16-8-3-1-4-9-16/h1-12,18H,13-15H2/t18-,23-/m1/s1. The molecule has 0 amide bonds. The Hall–Kier alpha value is -1.87. The molecule has 0 fully saturated rings. The van der Waals surface area contributed by atoms with Crippen LogP contribution < -0.4 is 4.52 Å². The van der Waals surface area contributed by atoms with Gasteiger partial charge in [-0.05, 0) is 17.7 Å². The molecule has 0 saturated heterocycles. The van der Waals surface area contributed by atoms with Crippen molar-refractivity contribution in [3.8, 4) is 5.75 Å². The first-order valence-corrected chi connectivity index (χ1v) is 9.27. The first kappa shape index (κ1) is 16.0. The molecular formula is C18H19O4P. The van der Waals surface area contributed by atoms with Gasteiger partial charge in [0.15, 0.2) is 0 Å². The number of hydrogen-bond donors (Lipinski definition) is 0. The Morgan fingerprint density at radius 3 is 2.48 bits per heavy atom. The second-order valence-corrected chi connectivity index (χ2v) is 7.25. The number of para-hydroxylation sites is 1. The molecule has 0 saturated carbocycles. The van der Waals surface area contributed by atoms with Crippen LogP contribution in [0.4, 0.5) is 0 Å². The highest BCUT2D eigenvalue weighted by Gasteiger charge is 2.31. The summed E-state index contributed by atoms with van der Waals surface area (Å²) < 4.78 is 29.5. The van der Waals surface area contributed by atoms with Gasteiger partial charge in [-0.1, -0.05) is 60.7 Å². The Morgan fingerprint density at radius 1 is 1.04 bits per heavy atom. The molecule has 4 nitrogen and oxygen atoms in total. The van der Waals surface area contributed by atoms with Crippen LogP contribution in [0.1, 0.15) is 5.56 Å². The lowest BCUT2D eigenvalue weighted by Crippen LogP contribution is -2.21. The number of benzene rings is 2. The average molecular weight is 330 g/mol. The molecule has 0 N–H and O–H groups in total. The largest absolute Gasteiger partial charge is 0.424 e. The number of hydrogen-bond acceptors (Lipinski definition) is 4. The summed E-state index contributed by atoms with van der Waals surface area (Å²) in [5.74, 6) is 0.551. The highest BCUT2D eigenvalue weighted by Crippen LogP contribution is 2.51. The molecule has 0 aliphatic carbocycles. The minimum Gasteiger partial charge on any atom is -0.424 e. The fourth-order valence-electron chi connectivity index (χ4n) is 2.28. The van der Waals surface area contributed by atoms with Gasteiger partial charge in [0.2, 0.25) is 0 Å². The molecule has 0 bridgehead atoms. The summed E-state index contributed by atoms with van der Waals surface area (Å²) in [5.41, 5.74) is 1.09. The van der Waals surface area contributed by atoms with Crippen LogP contribution in [-0.4, -0.2) is 18.9 Å². The third-order valence-corrected chi connectivity index (χ3v) is 5.10. The van der Waals surface area contributed by atoms with E-state index in [0.717, 1.165) is 5.56 Å². The van der Waals surface area contributed by atoms with Gasteiger partial charge in [-0.15, -0.1) is 0 Å². The molecule has 3 rings (SSSR count). The molecule has 1 aliphatic rings. The Balaban J connectivity index is 1.53. The lowest BCUT2D eigenvalue weighted by atomic mass is 10.2. The first-order chi connectivity index (χ1) is 11.2. The van der Waals surface area contributed by atoms with Crippen molar-refractivity contribution in [2.45, 2.75) is 12.7 Å². The minimum atomic E-state index is -3.17. The maximum Gasteiger partial charge on any atom is 0.383 e. The van der Waals surface area contributed by atoms with Crippen LogP contribution in [0, 0.1) is 0 Å². The zero-order valence-corrected chi connectivity index (χ0v) is 13.6. The predicted octanol–water partition coefficient (Wildman–Crippen LogP) is 4.43. The van der Waals surface area contributed by atoms with E-state index in [2.05, 4.69) is 0 Å². The van der Waals surface area contributed by atoms with Crippen molar-refractivity contribution in [3.63, 3.8) is 0 Å². The van der Waals surface area contributed by atoms with Crippen molar-refractivity contribution >= 4 is 7.60 Å². The molecular weight excluding hydrogens is 311 g/mol. The topological polar surface area (TPSA) is 44.8 Å². The van der Waals surface area contributed by atoms with E-state index in [9.17, 15) is 4.57 Å². The molecule has 5 heteroatoms. The lowest BCUT2D eigenvalue weighted by molar-refractivity contribution is 0.0555. The summed E-state index contributed by atoms with van der Waals surface area (Å²) in [5, 5.41) is 0. The maximum absolute atomic E-state index is 12.7. The van der Waals surface area contributed by atoms with Gasteiger partial charge in [-0.2, -0.15) is 0 Å². The van der Waals surface area contributed by atoms with E-state index in [1.54, 1.807) is 12.1 Å². The van der Waals surface area contributed by atoms with E-state index in [0.29, 0.717) is 19.0 Å². The zero-order valence-electron chi connectivity index (χ0n) is 12.7. The molecule has 2 aromatic rings. The highest BCUT2D eigenvalue weighted by atomic mass is 31.2. The first-order valence-electron chi connectivity index (χ1n) is 7.54. The zero-order chi connectivity index (χ0) is 16.0. The van der Waals surface area contributed by atoms with E-state index in [1.807, 2.05) is 60.7 Å². The maximum atomic E-state index is 12.7. The summed E-state index contributed by atoms with van der Waals surface area (Å²) in [6, 6.07) is 19.0. The van der Waals surface area contributed by atoms with E-state index in [4.69, 9.17) is 13.8 Å². The van der Waals surface area contributed by atoms with Crippen molar-refractivity contribution in [2.24, 2.45) is 0 Å². The second kappa shape index (κ2) is 7.60. The Labute approximate surface area is 136 Å². The Bertz CT molecular complexity index is 685. The molecule has 1 aliphatic heterocycles. The smallest absolute Gasteiger partial charge is 0.383 e. The van der Waals surface area contributed by atoms with Gasteiger partial charge in [0.1, 0.15) is 11.9 Å². The van der Waals surface area contributed by atoms with Crippen molar-refractivity contribution in [1.82, 2.24) is 0 Å². The van der Waals surface area contributed by atoms with Crippen LogP contribution in [0.5, 0.6) is 5.75 Å². The predicted molar refractivity (Wildman–Crippen MR) is 89.7 cm³/mol. The normalized spacial score (nSPS) is 23.6. The summed E-state index contributed by atoms with van der Waals surface area (Å²) in [6.07, 6.45) is 3.62. The van der Waals surface area contributed by atoms with Crippen molar-refractivity contribution < 1.29 is 18.3 Å². The van der Waals surface area contributed by atoms with Gasteiger partial charge in [-0.25, -0.2) is 4.57 Å². The molecule has 2 aromatic carbocycles. The van der Waals surface area contributed by atoms with Crippen LogP contribution >= 0.6 is 7.60 Å². The van der Waals surface area contributed by atoms with Crippen molar-refractivity contribution in [2.75, 3.05) is 12.8 Å². The van der Waals surface area contributed by atoms with E-state index in [1.165, 1.54) is 0 Å². The lowest BCUT2D eigenvalue weighted by Gasteiger charge is -2.25. The summed E-state index contributed by atoms with van der Waals surface area (Å²) in [7, 11) is -3.17. The molecule has 0 unspecified atom stereocenters. The highest BCUT2D eigenvalue weighted by molar-refractivity contribution is 7.54. The van der Waals surface area contributed by atoms with Gasteiger partial charge < -0.3 is 9.26 Å². The van der Waals surface area contributed by atoms with Gasteiger partial charge in [-0.3, -0.25) is 4.52 Å². The molecule has 120 valence electrons. The van der Waals surface area contributed by atoms with Crippen LogP contribution in [-0.2, 0) is 20.4 Å². The molecule has 1 heterocycles. The molecule has 0 radical (unpaired) electrons. The average Bonchev–Trinajstić information content (AvgIpc) is 2.56. The number of rotatable bonds is 6. The van der Waals surface area contributed by atoms with Crippen molar-refractivity contribution in [1.29, 1.82) is 0 Å². The molecule has 0 aromatic heterocycles. The molecule has 23 heavy (non-hydrogen) atoms. The third kappa shape index (κ3) is 4.80. The summed E-state index contributed by atoms with van der Waals surface area (Å²) >= 11 is 0. The Morgan fingerprint density at radius 2 is 1.74 bits per heavy atom. The van der Waals surface area contributed by atoms with Crippen LogP contribution in [0.15, 0.2) is 72.8 Å². The quantitative estimate of drug-likeness (QED) is 0.580. The fraction of sp³-hybridized carbons (Fsp3) is 0.222. The van der Waals surface area contributed by atoms with E-state index < -0.39 is 7.60 Å². The fourth-order valence-corrected chi connectivity index (χ4v) is 3.85. The second-order valence-electron chi connectivity index (χ2n) is 5.27. The minimum absolute atomic E-state index is 0.275. The SMILES string of the molecule is O=[P@@]1(Oc2ccccc2)CC=C[C@H](COCc2ccccc2)O1. The summed E-state index contributed by atoms with van der Waals surface area (Å²) in [4.78, 5) is 0. The van der Waals surface area contributed by atoms with Crippen molar-refractivity contribution in [3.05, 3.63) is 78.4 Å². The molecule has 2 atom stereocenters. The van der Waals surface area contributed by atoms with Gasteiger partial charge in [0.05, 0.1) is 19.4 Å². The number of allylic oxidation sites excluding steroid dienone is 1. The summed E-state index contributed by atoms with van der Waals surface area (Å²) in [6.45, 7) is 0.839. The van der Waals surface area contributed by atoms with Gasteiger partial charge in [0.25, 0.3) is 0 Å². The Kier molecular flexibility index (Phi) is 5.29. The van der Waals surface area contributed by atoms with Crippen LogP contribution in [0.2, 0.25) is 0 Å².